The fourth-order valence-corrected chi connectivity index (χ4v) is 6.28. The molecule has 3 heteroatoms. The molecule has 0 aromatic heterocycles. The zero-order valence-corrected chi connectivity index (χ0v) is 18.9. The van der Waals surface area contributed by atoms with E-state index in [9.17, 15) is 9.00 Å². The highest BCUT2D eigenvalue weighted by Gasteiger charge is 2.41. The molecular formula is C26H34O2S. The van der Waals surface area contributed by atoms with Gasteiger partial charge in [0.2, 0.25) is 0 Å². The smallest absolute Gasteiger partial charge is 0.140 e. The summed E-state index contributed by atoms with van der Waals surface area (Å²) in [5.41, 5.74) is 1.60. The van der Waals surface area contributed by atoms with Gasteiger partial charge >= 0.3 is 0 Å². The highest BCUT2D eigenvalue weighted by atomic mass is 32.2. The fraction of sp³-hybridized carbons (Fsp3) is 0.500. The van der Waals surface area contributed by atoms with Gasteiger partial charge in [0.15, 0.2) is 0 Å². The largest absolute Gasteiger partial charge is 0.299 e. The van der Waals surface area contributed by atoms with Crippen LogP contribution in [0.2, 0.25) is 0 Å². The molecule has 2 aromatic rings. The quantitative estimate of drug-likeness (QED) is 0.482. The molecule has 0 N–H and O–H groups in total. The molecule has 0 spiro atoms. The van der Waals surface area contributed by atoms with Gasteiger partial charge in [-0.25, -0.2) is 4.21 Å². The molecule has 1 aliphatic rings. The van der Waals surface area contributed by atoms with Gasteiger partial charge in [-0.2, -0.15) is 0 Å². The molecule has 2 nitrogen and oxygen atoms in total. The van der Waals surface area contributed by atoms with Crippen molar-refractivity contribution < 1.29 is 9.00 Å². The minimum atomic E-state index is -1.29. The summed E-state index contributed by atoms with van der Waals surface area (Å²) in [4.78, 5) is 14.8. The maximum Gasteiger partial charge on any atom is 0.140 e. The molecule has 0 bridgehead atoms. The summed E-state index contributed by atoms with van der Waals surface area (Å²) in [6, 6.07) is 15.9. The van der Waals surface area contributed by atoms with Crippen molar-refractivity contribution in [3.63, 3.8) is 0 Å². The van der Waals surface area contributed by atoms with Crippen molar-refractivity contribution in [2.75, 3.05) is 0 Å². The summed E-state index contributed by atoms with van der Waals surface area (Å²) < 4.78 is 13.5. The first kappa shape index (κ1) is 22.0. The number of carbonyl (C=O) groups is 1. The van der Waals surface area contributed by atoms with E-state index in [1.165, 1.54) is 32.1 Å². The molecule has 156 valence electrons. The lowest BCUT2D eigenvalue weighted by Crippen LogP contribution is -2.38. The number of rotatable bonds is 8. The van der Waals surface area contributed by atoms with Gasteiger partial charge in [-0.05, 0) is 56.4 Å². The summed E-state index contributed by atoms with van der Waals surface area (Å²) in [5, 5.41) is 0. The molecule has 1 saturated carbocycles. The van der Waals surface area contributed by atoms with Crippen molar-refractivity contribution in [3.8, 4) is 0 Å². The Morgan fingerprint density at radius 3 is 2.31 bits per heavy atom. The van der Waals surface area contributed by atoms with Gasteiger partial charge in [0.05, 0.1) is 16.2 Å². The minimum Gasteiger partial charge on any atom is -0.299 e. The Labute approximate surface area is 178 Å². The Hall–Kier alpha value is -1.74. The molecule has 1 fully saturated rings. The summed E-state index contributed by atoms with van der Waals surface area (Å²) in [6.45, 7) is 5.93. The third kappa shape index (κ3) is 4.88. The van der Waals surface area contributed by atoms with E-state index < -0.39 is 16.2 Å². The number of benzene rings is 2. The number of hydrogen-bond donors (Lipinski definition) is 0. The number of aryl methyl sites for hydroxylation is 1. The zero-order valence-electron chi connectivity index (χ0n) is 18.1. The van der Waals surface area contributed by atoms with Crippen LogP contribution in [0.5, 0.6) is 0 Å². The van der Waals surface area contributed by atoms with Gasteiger partial charge in [0, 0.05) is 9.79 Å². The van der Waals surface area contributed by atoms with Gasteiger partial charge in [-0.15, -0.1) is 0 Å². The van der Waals surface area contributed by atoms with E-state index in [4.69, 9.17) is 0 Å². The number of hydrogen-bond acceptors (Lipinski definition) is 2. The number of ketones is 1. The molecule has 3 rings (SSSR count). The second-order valence-corrected chi connectivity index (χ2v) is 10.1. The molecular weight excluding hydrogens is 376 g/mol. The second-order valence-electron chi connectivity index (χ2n) is 8.67. The Bertz CT molecular complexity index is 849. The van der Waals surface area contributed by atoms with Crippen LogP contribution in [0.15, 0.2) is 58.3 Å². The maximum atomic E-state index is 13.5. The van der Waals surface area contributed by atoms with E-state index in [0.717, 1.165) is 40.2 Å². The molecule has 0 heterocycles. The third-order valence-corrected chi connectivity index (χ3v) is 8.01. The van der Waals surface area contributed by atoms with Crippen LogP contribution in [0.4, 0.5) is 0 Å². The van der Waals surface area contributed by atoms with Crippen LogP contribution in [0, 0.1) is 12.8 Å². The van der Waals surface area contributed by atoms with Crippen LogP contribution in [0.3, 0.4) is 0 Å². The minimum absolute atomic E-state index is 0.221. The van der Waals surface area contributed by atoms with Gasteiger partial charge in [0.25, 0.3) is 0 Å². The highest BCUT2D eigenvalue weighted by molar-refractivity contribution is 7.85. The van der Waals surface area contributed by atoms with Crippen LogP contribution in [0.1, 0.15) is 76.3 Å². The highest BCUT2D eigenvalue weighted by Crippen LogP contribution is 2.43. The lowest BCUT2D eigenvalue weighted by atomic mass is 9.66. The molecule has 0 radical (unpaired) electrons. The number of carbonyl (C=O) groups excluding carboxylic acids is 1. The van der Waals surface area contributed by atoms with Gasteiger partial charge in [-0.1, -0.05) is 81.3 Å². The average molecular weight is 411 g/mol. The van der Waals surface area contributed by atoms with E-state index in [1.807, 2.05) is 49.4 Å². The van der Waals surface area contributed by atoms with Gasteiger partial charge < -0.3 is 0 Å². The van der Waals surface area contributed by atoms with Crippen LogP contribution < -0.4 is 0 Å². The predicted molar refractivity (Wildman–Crippen MR) is 121 cm³/mol. The van der Waals surface area contributed by atoms with Gasteiger partial charge in [-0.3, -0.25) is 4.79 Å². The standard InChI is InChI=1S/C26H34O2S/c1-4-18-26(21(3)27,19-22-10-6-5-7-11-22)24-12-8-9-13-25(24)29(28)23-16-14-20(2)15-17-23/h8-9,12-17,22H,4-7,10-11,18-19H2,1-3H3/t26-,29?/m1/s1. The summed E-state index contributed by atoms with van der Waals surface area (Å²) in [7, 11) is -1.29. The SMILES string of the molecule is CCC[C@@](CC1CCCCC1)(C(C)=O)c1ccccc1S(=O)c1ccc(C)cc1. The predicted octanol–water partition coefficient (Wildman–Crippen LogP) is 6.76. The van der Waals surface area contributed by atoms with Crippen LogP contribution in [-0.4, -0.2) is 9.99 Å². The van der Waals surface area contributed by atoms with E-state index in [0.29, 0.717) is 5.92 Å². The zero-order chi connectivity index (χ0) is 20.9. The molecule has 2 atom stereocenters. The van der Waals surface area contributed by atoms with E-state index in [2.05, 4.69) is 13.0 Å². The van der Waals surface area contributed by atoms with Crippen LogP contribution in [-0.2, 0) is 21.0 Å². The summed E-state index contributed by atoms with van der Waals surface area (Å²) in [6.07, 6.45) is 8.91. The first-order valence-corrected chi connectivity index (χ1v) is 12.2. The molecule has 1 unspecified atom stereocenters. The van der Waals surface area contributed by atoms with Crippen molar-refractivity contribution in [1.82, 2.24) is 0 Å². The molecule has 0 amide bonds. The van der Waals surface area contributed by atoms with E-state index in [-0.39, 0.29) is 5.78 Å². The Kier molecular flexibility index (Phi) is 7.45. The molecule has 0 aliphatic heterocycles. The first-order valence-electron chi connectivity index (χ1n) is 11.1. The first-order chi connectivity index (χ1) is 14.0. The summed E-state index contributed by atoms with van der Waals surface area (Å²) in [5.74, 6) is 0.804. The number of Topliss-reactive ketones (excluding diaryl/α,β-unsaturated/α-hetero) is 1. The molecule has 0 saturated heterocycles. The van der Waals surface area contributed by atoms with E-state index >= 15 is 0 Å². The Morgan fingerprint density at radius 2 is 1.69 bits per heavy atom. The topological polar surface area (TPSA) is 34.1 Å². The third-order valence-electron chi connectivity index (χ3n) is 6.55. The molecule has 2 aromatic carbocycles. The fourth-order valence-electron chi connectivity index (χ4n) is 4.98. The van der Waals surface area contributed by atoms with E-state index in [1.54, 1.807) is 6.92 Å². The van der Waals surface area contributed by atoms with Crippen LogP contribution >= 0.6 is 0 Å². The average Bonchev–Trinajstić information content (AvgIpc) is 2.74. The van der Waals surface area contributed by atoms with Crippen molar-refractivity contribution in [2.45, 2.75) is 87.3 Å². The lowest BCUT2D eigenvalue weighted by Gasteiger charge is -2.37. The Morgan fingerprint density at radius 1 is 1.03 bits per heavy atom. The monoisotopic (exact) mass is 410 g/mol. The normalized spacial score (nSPS) is 18.2. The maximum absolute atomic E-state index is 13.5. The lowest BCUT2D eigenvalue weighted by molar-refractivity contribution is -0.123. The van der Waals surface area contributed by atoms with Crippen molar-refractivity contribution in [3.05, 3.63) is 59.7 Å². The van der Waals surface area contributed by atoms with Crippen molar-refractivity contribution in [2.24, 2.45) is 5.92 Å². The Balaban J connectivity index is 2.06. The molecule has 29 heavy (non-hydrogen) atoms. The summed E-state index contributed by atoms with van der Waals surface area (Å²) >= 11 is 0. The second kappa shape index (κ2) is 9.84. The van der Waals surface area contributed by atoms with Crippen molar-refractivity contribution in [1.29, 1.82) is 0 Å². The molecule has 1 aliphatic carbocycles. The van der Waals surface area contributed by atoms with Gasteiger partial charge in [0.1, 0.15) is 5.78 Å². The van der Waals surface area contributed by atoms with Crippen molar-refractivity contribution >= 4 is 16.6 Å². The van der Waals surface area contributed by atoms with Crippen LogP contribution in [0.25, 0.3) is 0 Å².